The van der Waals surface area contributed by atoms with Gasteiger partial charge in [0.1, 0.15) is 11.0 Å². The zero-order chi connectivity index (χ0) is 18.5. The van der Waals surface area contributed by atoms with Crippen LogP contribution in [0.3, 0.4) is 0 Å². The van der Waals surface area contributed by atoms with E-state index in [4.69, 9.17) is 11.6 Å². The Labute approximate surface area is 157 Å². The molecule has 0 aliphatic carbocycles. The predicted molar refractivity (Wildman–Crippen MR) is 105 cm³/mol. The Balaban J connectivity index is 1.72. The van der Waals surface area contributed by atoms with Crippen LogP contribution in [-0.4, -0.2) is 15.9 Å². The average molecular weight is 367 g/mol. The number of amides is 1. The summed E-state index contributed by atoms with van der Waals surface area (Å²) in [6.07, 6.45) is 3.10. The van der Waals surface area contributed by atoms with Crippen molar-refractivity contribution < 1.29 is 4.79 Å². The van der Waals surface area contributed by atoms with Crippen LogP contribution in [0.15, 0.2) is 60.9 Å². The molecule has 0 saturated heterocycles. The topological polar surface area (TPSA) is 66.9 Å². The fourth-order valence-corrected chi connectivity index (χ4v) is 2.74. The van der Waals surface area contributed by atoms with Crippen LogP contribution in [0.1, 0.15) is 34.5 Å². The van der Waals surface area contributed by atoms with Gasteiger partial charge in [-0.2, -0.15) is 0 Å². The second kappa shape index (κ2) is 7.97. The number of aromatic nitrogens is 2. The summed E-state index contributed by atoms with van der Waals surface area (Å²) in [5.74, 6) is 0.464. The maximum Gasteiger partial charge on any atom is 0.255 e. The van der Waals surface area contributed by atoms with E-state index in [1.807, 2.05) is 56.3 Å². The van der Waals surface area contributed by atoms with Crippen molar-refractivity contribution in [1.82, 2.24) is 9.97 Å². The molecule has 26 heavy (non-hydrogen) atoms. The van der Waals surface area contributed by atoms with Crippen LogP contribution in [-0.2, 0) is 0 Å². The van der Waals surface area contributed by atoms with Crippen molar-refractivity contribution in [3.63, 3.8) is 0 Å². The maximum absolute atomic E-state index is 12.4. The molecular formula is C20H19ClN4O. The number of carbonyl (C=O) groups is 1. The van der Waals surface area contributed by atoms with Crippen LogP contribution in [0.4, 0.5) is 11.5 Å². The van der Waals surface area contributed by atoms with Gasteiger partial charge in [-0.3, -0.25) is 9.78 Å². The van der Waals surface area contributed by atoms with Crippen molar-refractivity contribution in [1.29, 1.82) is 0 Å². The average Bonchev–Trinajstić information content (AvgIpc) is 2.62. The lowest BCUT2D eigenvalue weighted by atomic mass is 10.1. The first-order valence-corrected chi connectivity index (χ1v) is 8.61. The van der Waals surface area contributed by atoms with Crippen LogP contribution >= 0.6 is 11.6 Å². The van der Waals surface area contributed by atoms with Gasteiger partial charge in [0.25, 0.3) is 5.91 Å². The Morgan fingerprint density at radius 2 is 1.92 bits per heavy atom. The molecule has 1 atom stereocenters. The quantitative estimate of drug-likeness (QED) is 0.676. The molecule has 1 amide bonds. The fourth-order valence-electron chi connectivity index (χ4n) is 2.59. The number of carbonyl (C=O) groups excluding carboxylic acids is 1. The largest absolute Gasteiger partial charge is 0.362 e. The second-order valence-electron chi connectivity index (χ2n) is 6.04. The molecule has 5 nitrogen and oxygen atoms in total. The summed E-state index contributed by atoms with van der Waals surface area (Å²) in [7, 11) is 0. The Bertz CT molecular complexity index is 929. The lowest BCUT2D eigenvalue weighted by molar-refractivity contribution is 0.102. The molecule has 6 heteroatoms. The smallest absolute Gasteiger partial charge is 0.255 e. The molecule has 0 radical (unpaired) electrons. The van der Waals surface area contributed by atoms with Crippen LogP contribution in [0.2, 0.25) is 5.15 Å². The molecule has 0 bridgehead atoms. The summed E-state index contributed by atoms with van der Waals surface area (Å²) in [6.45, 7) is 3.97. The molecule has 2 N–H and O–H groups in total. The van der Waals surface area contributed by atoms with E-state index in [1.54, 1.807) is 12.3 Å². The zero-order valence-electron chi connectivity index (χ0n) is 14.5. The Morgan fingerprint density at radius 3 is 2.69 bits per heavy atom. The lowest BCUT2D eigenvalue weighted by Gasteiger charge is -2.16. The molecule has 3 aromatic rings. The van der Waals surface area contributed by atoms with Crippen molar-refractivity contribution in [2.45, 2.75) is 19.9 Å². The minimum Gasteiger partial charge on any atom is -0.362 e. The highest BCUT2D eigenvalue weighted by Gasteiger charge is 2.10. The Morgan fingerprint density at radius 1 is 1.12 bits per heavy atom. The first kappa shape index (κ1) is 17.9. The highest BCUT2D eigenvalue weighted by molar-refractivity contribution is 6.29. The predicted octanol–water partition coefficient (Wildman–Crippen LogP) is 4.86. The van der Waals surface area contributed by atoms with Crippen LogP contribution < -0.4 is 10.6 Å². The third-order valence-corrected chi connectivity index (χ3v) is 4.08. The molecule has 0 fully saturated rings. The van der Waals surface area contributed by atoms with Gasteiger partial charge in [-0.1, -0.05) is 41.4 Å². The van der Waals surface area contributed by atoms with Crippen molar-refractivity contribution in [2.24, 2.45) is 0 Å². The number of halogens is 1. The van der Waals surface area contributed by atoms with E-state index in [0.29, 0.717) is 16.5 Å². The maximum atomic E-state index is 12.4. The van der Waals surface area contributed by atoms with Gasteiger partial charge in [-0.15, -0.1) is 0 Å². The van der Waals surface area contributed by atoms with Gasteiger partial charge in [-0.25, -0.2) is 4.98 Å². The van der Waals surface area contributed by atoms with Crippen LogP contribution in [0, 0.1) is 6.92 Å². The van der Waals surface area contributed by atoms with Gasteiger partial charge >= 0.3 is 0 Å². The van der Waals surface area contributed by atoms with Gasteiger partial charge in [0.15, 0.2) is 0 Å². The normalized spacial score (nSPS) is 11.7. The van der Waals surface area contributed by atoms with Gasteiger partial charge < -0.3 is 10.6 Å². The molecule has 0 aliphatic heterocycles. The summed E-state index contributed by atoms with van der Waals surface area (Å²) in [4.78, 5) is 20.6. The number of hydrogen-bond donors (Lipinski definition) is 2. The third-order valence-electron chi connectivity index (χ3n) is 3.89. The SMILES string of the molecule is Cc1cccc(C(=O)Nc2cccc([C@@H](C)Nc3cncc(Cl)n3)c2)c1. The molecule has 2 aromatic carbocycles. The standard InChI is InChI=1S/C20H19ClN4O/c1-13-5-3-7-16(9-13)20(26)24-17-8-4-6-15(10-17)14(2)23-19-12-22-11-18(21)25-19/h3-12,14H,1-2H3,(H,23,25)(H,24,26)/t14-/m1/s1. The fraction of sp³-hybridized carbons (Fsp3) is 0.150. The van der Waals surface area contributed by atoms with Crippen LogP contribution in [0.25, 0.3) is 0 Å². The lowest BCUT2D eigenvalue weighted by Crippen LogP contribution is -2.13. The molecule has 1 heterocycles. The number of hydrogen-bond acceptors (Lipinski definition) is 4. The van der Waals surface area contributed by atoms with Gasteiger partial charge in [0, 0.05) is 11.3 Å². The molecule has 0 unspecified atom stereocenters. The van der Waals surface area contributed by atoms with E-state index in [-0.39, 0.29) is 11.9 Å². The molecular weight excluding hydrogens is 348 g/mol. The summed E-state index contributed by atoms with van der Waals surface area (Å²) in [5.41, 5.74) is 3.43. The van der Waals surface area contributed by atoms with Crippen LogP contribution in [0.5, 0.6) is 0 Å². The number of anilines is 2. The van der Waals surface area contributed by atoms with E-state index < -0.39 is 0 Å². The number of aryl methyl sites for hydroxylation is 1. The second-order valence-corrected chi connectivity index (χ2v) is 6.43. The highest BCUT2D eigenvalue weighted by Crippen LogP contribution is 2.21. The first-order valence-electron chi connectivity index (χ1n) is 8.23. The first-order chi connectivity index (χ1) is 12.5. The minimum absolute atomic E-state index is 0.0291. The van der Waals surface area contributed by atoms with E-state index >= 15 is 0 Å². The van der Waals surface area contributed by atoms with E-state index in [2.05, 4.69) is 20.6 Å². The highest BCUT2D eigenvalue weighted by atomic mass is 35.5. The zero-order valence-corrected chi connectivity index (χ0v) is 15.3. The van der Waals surface area contributed by atoms with Crippen molar-refractivity contribution >= 4 is 29.0 Å². The molecule has 0 aliphatic rings. The van der Waals surface area contributed by atoms with Gasteiger partial charge in [0.2, 0.25) is 0 Å². The summed E-state index contributed by atoms with van der Waals surface area (Å²) in [6, 6.07) is 15.2. The minimum atomic E-state index is -0.132. The molecule has 0 spiro atoms. The molecule has 132 valence electrons. The number of nitrogens with one attached hydrogen (secondary N) is 2. The van der Waals surface area contributed by atoms with E-state index in [1.165, 1.54) is 6.20 Å². The molecule has 1 aromatic heterocycles. The summed E-state index contributed by atoms with van der Waals surface area (Å²) >= 11 is 5.87. The van der Waals surface area contributed by atoms with Gasteiger partial charge in [0.05, 0.1) is 18.4 Å². The molecule has 3 rings (SSSR count). The van der Waals surface area contributed by atoms with Crippen molar-refractivity contribution in [2.75, 3.05) is 10.6 Å². The third kappa shape index (κ3) is 4.58. The van der Waals surface area contributed by atoms with Gasteiger partial charge in [-0.05, 0) is 43.7 Å². The Kier molecular flexibility index (Phi) is 5.49. The monoisotopic (exact) mass is 366 g/mol. The Hall–Kier alpha value is -2.92. The number of benzene rings is 2. The summed E-state index contributed by atoms with van der Waals surface area (Å²) < 4.78 is 0. The van der Waals surface area contributed by atoms with E-state index in [9.17, 15) is 4.79 Å². The molecule has 0 saturated carbocycles. The number of rotatable bonds is 5. The number of nitrogens with zero attached hydrogens (tertiary/aromatic N) is 2. The summed E-state index contributed by atoms with van der Waals surface area (Å²) in [5, 5.41) is 6.52. The van der Waals surface area contributed by atoms with Crippen molar-refractivity contribution in [3.05, 3.63) is 82.8 Å². The van der Waals surface area contributed by atoms with E-state index in [0.717, 1.165) is 16.8 Å². The van der Waals surface area contributed by atoms with Crippen molar-refractivity contribution in [3.8, 4) is 0 Å².